The Bertz CT molecular complexity index is 1840. The second kappa shape index (κ2) is 23.2. The summed E-state index contributed by atoms with van der Waals surface area (Å²) < 4.78 is 0. The van der Waals surface area contributed by atoms with Gasteiger partial charge in [0.25, 0.3) is 0 Å². The van der Waals surface area contributed by atoms with E-state index < -0.39 is 109 Å². The van der Waals surface area contributed by atoms with E-state index >= 15 is 0 Å². The first-order valence-corrected chi connectivity index (χ1v) is 19.9. The lowest BCUT2D eigenvalue weighted by atomic mass is 9.99. The van der Waals surface area contributed by atoms with Gasteiger partial charge in [-0.15, -0.1) is 0 Å². The largest absolute Gasteiger partial charge is 0.481 e. The number of hydrogen-bond acceptors (Lipinski definition) is 12. The number of aliphatic carboxylic acids is 2. The molecule has 0 aliphatic carbocycles. The Morgan fingerprint density at radius 3 is 2.07 bits per heavy atom. The molecule has 0 unspecified atom stereocenters. The lowest BCUT2D eigenvalue weighted by molar-refractivity contribution is -0.146. The Labute approximate surface area is 346 Å². The molecule has 0 spiro atoms. The van der Waals surface area contributed by atoms with Crippen LogP contribution in [-0.4, -0.2) is 146 Å². The molecule has 1 aliphatic heterocycles. The van der Waals surface area contributed by atoms with Crippen LogP contribution in [0.3, 0.4) is 0 Å². The number of carboxylic acid groups (broad SMARTS) is 2. The van der Waals surface area contributed by atoms with Crippen LogP contribution in [0.1, 0.15) is 71.3 Å². The number of fused-ring (bicyclic) bond motifs is 1. The SMILES string of the molecule is CC(C)C[C@H](NC(=O)[C@H](Cc1c[nH]c2ccccc12)NC(=O)[C@H](CC(=O)O)NC(=O)[C@H](CCCCN)NC(=O)[C@@H](N)[C@@H](C)O)C(=O)N1CCC[C@H]1C(=O)N[C@@H](CO)C(=O)O. The molecular formula is C39H59N9O12. The third-order valence-corrected chi connectivity index (χ3v) is 10.1. The van der Waals surface area contributed by atoms with Crippen LogP contribution < -0.4 is 38.1 Å². The number of carbonyl (C=O) groups is 8. The van der Waals surface area contributed by atoms with Gasteiger partial charge in [-0.05, 0) is 69.5 Å². The zero-order chi connectivity index (χ0) is 44.7. The topological polar surface area (TPSA) is 349 Å². The molecule has 1 aromatic heterocycles. The first-order chi connectivity index (χ1) is 28.4. The molecule has 0 bridgehead atoms. The van der Waals surface area contributed by atoms with Gasteiger partial charge in [-0.1, -0.05) is 32.0 Å². The number of benzene rings is 1. The van der Waals surface area contributed by atoms with Gasteiger partial charge >= 0.3 is 11.9 Å². The number of aliphatic hydroxyl groups is 2. The van der Waals surface area contributed by atoms with Crippen LogP contribution >= 0.6 is 0 Å². The van der Waals surface area contributed by atoms with Crippen LogP contribution in [-0.2, 0) is 44.8 Å². The van der Waals surface area contributed by atoms with Gasteiger partial charge in [0.15, 0.2) is 0 Å². The summed E-state index contributed by atoms with van der Waals surface area (Å²) in [5, 5.41) is 51.4. The number of carbonyl (C=O) groups excluding carboxylic acids is 6. The Morgan fingerprint density at radius 1 is 0.833 bits per heavy atom. The maximum absolute atomic E-state index is 14.3. The van der Waals surface area contributed by atoms with Crippen molar-refractivity contribution in [2.24, 2.45) is 17.4 Å². The van der Waals surface area contributed by atoms with E-state index in [2.05, 4.69) is 31.6 Å². The minimum Gasteiger partial charge on any atom is -0.481 e. The summed E-state index contributed by atoms with van der Waals surface area (Å²) in [5.41, 5.74) is 12.6. The minimum absolute atomic E-state index is 0.0285. The highest BCUT2D eigenvalue weighted by Gasteiger charge is 2.40. The van der Waals surface area contributed by atoms with E-state index in [1.807, 2.05) is 0 Å². The Morgan fingerprint density at radius 2 is 1.45 bits per heavy atom. The molecule has 0 saturated carbocycles. The molecule has 1 saturated heterocycles. The number of aromatic nitrogens is 1. The Hall–Kier alpha value is -5.64. The number of unbranched alkanes of at least 4 members (excludes halogenated alkanes) is 1. The number of rotatable bonds is 24. The summed E-state index contributed by atoms with van der Waals surface area (Å²) in [7, 11) is 0. The highest BCUT2D eigenvalue weighted by atomic mass is 16.4. The standard InChI is InChI=1S/C39H59N9O12/c1-20(2)15-28(38(58)48-14-8-12-30(48)36(56)47-29(19-49)39(59)60)46-34(54)26(16-22-18-42-24-10-5-4-9-23(22)24)44-35(55)27(17-31(51)52)45-33(53)25(11-6-7-13-40)43-37(57)32(41)21(3)50/h4-5,9-10,18,20-21,25-30,32,42,49-50H,6-8,11-17,19,40-41H2,1-3H3,(H,43,57)(H,44,55)(H,45,53)(H,46,54)(H,47,56)(H,51,52)(H,59,60)/t21-,25+,26+,27+,28+,29+,30+,32+/m1/s1. The normalized spacial score (nSPS) is 17.4. The lowest BCUT2D eigenvalue weighted by Crippen LogP contribution is -2.60. The fourth-order valence-electron chi connectivity index (χ4n) is 6.83. The molecule has 2 heterocycles. The molecule has 1 aromatic carbocycles. The molecule has 1 fully saturated rings. The number of amides is 6. The number of aromatic amines is 1. The molecule has 332 valence electrons. The molecule has 2 aromatic rings. The van der Waals surface area contributed by atoms with Crippen LogP contribution in [0.15, 0.2) is 30.5 Å². The molecule has 21 heteroatoms. The maximum Gasteiger partial charge on any atom is 0.328 e. The average molecular weight is 846 g/mol. The number of para-hydroxylation sites is 1. The molecule has 14 N–H and O–H groups in total. The second-order valence-corrected chi connectivity index (χ2v) is 15.4. The van der Waals surface area contributed by atoms with E-state index in [0.29, 0.717) is 35.7 Å². The molecule has 60 heavy (non-hydrogen) atoms. The van der Waals surface area contributed by atoms with Gasteiger partial charge < -0.3 is 68.4 Å². The molecular weight excluding hydrogens is 786 g/mol. The van der Waals surface area contributed by atoms with Crippen LogP contribution in [0.2, 0.25) is 0 Å². The Kier molecular flexibility index (Phi) is 18.9. The predicted molar refractivity (Wildman–Crippen MR) is 215 cm³/mol. The van der Waals surface area contributed by atoms with Gasteiger partial charge in [-0.25, -0.2) is 4.79 Å². The number of H-pyrrole nitrogens is 1. The van der Waals surface area contributed by atoms with Crippen molar-refractivity contribution >= 4 is 58.3 Å². The number of likely N-dealkylation sites (tertiary alicyclic amines) is 1. The van der Waals surface area contributed by atoms with Crippen molar-refractivity contribution in [2.45, 2.75) is 121 Å². The second-order valence-electron chi connectivity index (χ2n) is 15.4. The average Bonchev–Trinajstić information content (AvgIpc) is 3.85. The van der Waals surface area contributed by atoms with Crippen LogP contribution in [0.25, 0.3) is 10.9 Å². The zero-order valence-corrected chi connectivity index (χ0v) is 34.0. The first kappa shape index (κ1) is 48.7. The molecule has 3 rings (SSSR count). The fraction of sp³-hybridized carbons (Fsp3) is 0.590. The van der Waals surface area contributed by atoms with E-state index in [1.165, 1.54) is 11.8 Å². The van der Waals surface area contributed by atoms with Crippen molar-refractivity contribution in [3.05, 3.63) is 36.0 Å². The van der Waals surface area contributed by atoms with Crippen molar-refractivity contribution in [2.75, 3.05) is 19.7 Å². The quantitative estimate of drug-likeness (QED) is 0.0489. The van der Waals surface area contributed by atoms with Gasteiger partial charge in [-0.2, -0.15) is 0 Å². The third-order valence-electron chi connectivity index (χ3n) is 10.1. The monoisotopic (exact) mass is 845 g/mol. The van der Waals surface area contributed by atoms with E-state index in [4.69, 9.17) is 11.5 Å². The van der Waals surface area contributed by atoms with Gasteiger partial charge in [0.1, 0.15) is 42.3 Å². The smallest absolute Gasteiger partial charge is 0.328 e. The van der Waals surface area contributed by atoms with Crippen molar-refractivity contribution in [1.29, 1.82) is 0 Å². The van der Waals surface area contributed by atoms with E-state index in [-0.39, 0.29) is 44.7 Å². The third kappa shape index (κ3) is 14.0. The summed E-state index contributed by atoms with van der Waals surface area (Å²) >= 11 is 0. The number of nitrogens with zero attached hydrogens (tertiary/aromatic N) is 1. The number of hydrogen-bond donors (Lipinski definition) is 12. The molecule has 21 nitrogen and oxygen atoms in total. The zero-order valence-electron chi connectivity index (χ0n) is 34.0. The molecule has 6 amide bonds. The van der Waals surface area contributed by atoms with Crippen LogP contribution in [0.5, 0.6) is 0 Å². The number of nitrogens with two attached hydrogens (primary N) is 2. The van der Waals surface area contributed by atoms with Gasteiger partial charge in [-0.3, -0.25) is 33.6 Å². The van der Waals surface area contributed by atoms with E-state index in [0.717, 1.165) is 0 Å². The van der Waals surface area contributed by atoms with Crippen molar-refractivity contribution in [3.63, 3.8) is 0 Å². The highest BCUT2D eigenvalue weighted by molar-refractivity contribution is 5.98. The maximum atomic E-state index is 14.3. The van der Waals surface area contributed by atoms with E-state index in [1.54, 1.807) is 44.3 Å². The van der Waals surface area contributed by atoms with Crippen molar-refractivity contribution in [3.8, 4) is 0 Å². The van der Waals surface area contributed by atoms with Gasteiger partial charge in [0.05, 0.1) is 19.1 Å². The number of aliphatic hydroxyl groups excluding tert-OH is 2. The predicted octanol–water partition coefficient (Wildman–Crippen LogP) is -2.44. The van der Waals surface area contributed by atoms with Crippen molar-refractivity contribution in [1.82, 2.24) is 36.5 Å². The summed E-state index contributed by atoms with van der Waals surface area (Å²) in [4.78, 5) is 110. The van der Waals surface area contributed by atoms with Crippen LogP contribution in [0, 0.1) is 5.92 Å². The highest BCUT2D eigenvalue weighted by Crippen LogP contribution is 2.22. The fourth-order valence-corrected chi connectivity index (χ4v) is 6.83. The molecule has 1 aliphatic rings. The number of carboxylic acids is 2. The van der Waals surface area contributed by atoms with Crippen LogP contribution in [0.4, 0.5) is 0 Å². The van der Waals surface area contributed by atoms with Gasteiger partial charge in [0.2, 0.25) is 35.4 Å². The lowest BCUT2D eigenvalue weighted by Gasteiger charge is -2.31. The first-order valence-electron chi connectivity index (χ1n) is 19.9. The minimum atomic E-state index is -1.77. The van der Waals surface area contributed by atoms with Gasteiger partial charge in [0, 0.05) is 30.1 Å². The summed E-state index contributed by atoms with van der Waals surface area (Å²) in [5.74, 6) is -8.27. The van der Waals surface area contributed by atoms with E-state index in [9.17, 15) is 58.8 Å². The summed E-state index contributed by atoms with van der Waals surface area (Å²) in [6.45, 7) is 4.39. The summed E-state index contributed by atoms with van der Waals surface area (Å²) in [6.07, 6.45) is 0.786. The van der Waals surface area contributed by atoms with Crippen molar-refractivity contribution < 1.29 is 58.8 Å². The molecule has 8 atom stereocenters. The number of nitrogens with one attached hydrogen (secondary N) is 6. The summed E-state index contributed by atoms with van der Waals surface area (Å²) in [6, 6.07) is -2.73. The molecule has 0 radical (unpaired) electrons. The Balaban J connectivity index is 1.94.